The Morgan fingerprint density at radius 1 is 0.500 bits per heavy atom. The second-order valence-electron chi connectivity index (χ2n) is 12.4. The van der Waals surface area contributed by atoms with Gasteiger partial charge in [0.15, 0.2) is 0 Å². The standard InChI is InChI=1S/C25H34P.C5H5.Fe/c1-2-4-23(3-1)26(24-19-7-15-5-16(9-19)10-20(24)8-15)25-21-11-17-6-18(13-21)14-22(25)12-17;1-2-4-5-3-1;/h1-4,15-22,24-25H,5-14H2;1-5H;/q-1;-5;. The topological polar surface area (TPSA) is 0 Å². The van der Waals surface area contributed by atoms with Crippen molar-refractivity contribution in [3.8, 4) is 0 Å². The molecule has 8 fully saturated rings. The maximum Gasteiger partial charge on any atom is 0 e. The van der Waals surface area contributed by atoms with Gasteiger partial charge in [-0.15, -0.1) is 13.2 Å². The van der Waals surface area contributed by atoms with Crippen LogP contribution >= 0.6 is 7.92 Å². The molecule has 2 aromatic carbocycles. The Kier molecular flexibility index (Phi) is 6.24. The third-order valence-electron chi connectivity index (χ3n) is 10.5. The Morgan fingerprint density at radius 3 is 1.12 bits per heavy atom. The number of hydrogen-bond donors (Lipinski definition) is 0. The molecule has 8 bridgehead atoms. The van der Waals surface area contributed by atoms with Crippen LogP contribution in [-0.4, -0.2) is 11.3 Å². The smallest absolute Gasteiger partial charge is 0 e. The van der Waals surface area contributed by atoms with Gasteiger partial charge in [0.05, 0.1) is 0 Å². The summed E-state index contributed by atoms with van der Waals surface area (Å²) in [7, 11) is 0.0815. The zero-order valence-corrected chi connectivity index (χ0v) is 21.3. The molecule has 0 atom stereocenters. The van der Waals surface area contributed by atoms with Crippen molar-refractivity contribution >= 4 is 13.2 Å². The van der Waals surface area contributed by atoms with E-state index in [4.69, 9.17) is 0 Å². The molecule has 0 N–H and O–H groups in total. The summed E-state index contributed by atoms with van der Waals surface area (Å²) in [6.45, 7) is 0. The first-order valence-electron chi connectivity index (χ1n) is 13.5. The van der Waals surface area contributed by atoms with Crippen LogP contribution in [0.25, 0.3) is 0 Å². The Morgan fingerprint density at radius 2 is 0.812 bits per heavy atom. The van der Waals surface area contributed by atoms with E-state index in [0.29, 0.717) is 0 Å². The molecule has 0 aliphatic heterocycles. The first-order valence-corrected chi connectivity index (χ1v) is 15.0. The van der Waals surface area contributed by atoms with E-state index in [-0.39, 0.29) is 25.0 Å². The Bertz CT molecular complexity index is 736. The van der Waals surface area contributed by atoms with Crippen LogP contribution in [0.2, 0.25) is 0 Å². The average molecular weight is 486 g/mol. The molecule has 10 rings (SSSR count). The van der Waals surface area contributed by atoms with Crippen molar-refractivity contribution < 1.29 is 17.1 Å². The molecule has 0 aromatic heterocycles. The van der Waals surface area contributed by atoms with Gasteiger partial charge in [-0.25, -0.2) is 12.1 Å². The summed E-state index contributed by atoms with van der Waals surface area (Å²) in [5, 5.41) is 1.83. The van der Waals surface area contributed by atoms with Gasteiger partial charge < -0.3 is 30.3 Å². The summed E-state index contributed by atoms with van der Waals surface area (Å²) in [5.41, 5.74) is 2.23. The number of rotatable bonds is 3. The fourth-order valence-electron chi connectivity index (χ4n) is 10.1. The first kappa shape index (κ1) is 22.1. The van der Waals surface area contributed by atoms with Crippen LogP contribution in [0.4, 0.5) is 0 Å². The van der Waals surface area contributed by atoms with Crippen molar-refractivity contribution in [3.63, 3.8) is 0 Å². The predicted octanol–water partition coefficient (Wildman–Crippen LogP) is 7.57. The Hall–Kier alpha value is -0.351. The summed E-state index contributed by atoms with van der Waals surface area (Å²) in [5.74, 6) is 8.97. The molecule has 0 spiro atoms. The predicted molar refractivity (Wildman–Crippen MR) is 132 cm³/mol. The molecule has 178 valence electrons. The van der Waals surface area contributed by atoms with E-state index < -0.39 is 0 Å². The summed E-state index contributed by atoms with van der Waals surface area (Å²) in [4.78, 5) is 0. The maximum atomic E-state index is 2.56. The van der Waals surface area contributed by atoms with E-state index >= 15 is 0 Å². The summed E-state index contributed by atoms with van der Waals surface area (Å²) >= 11 is 0. The van der Waals surface area contributed by atoms with Crippen molar-refractivity contribution in [2.45, 2.75) is 75.5 Å². The van der Waals surface area contributed by atoms with E-state index in [1.807, 2.05) is 35.6 Å². The molecule has 32 heavy (non-hydrogen) atoms. The molecule has 0 unspecified atom stereocenters. The molecule has 0 heterocycles. The fraction of sp³-hybridized carbons (Fsp3) is 0.667. The molecule has 0 nitrogen and oxygen atoms in total. The van der Waals surface area contributed by atoms with Crippen LogP contribution in [0.15, 0.2) is 54.6 Å². The van der Waals surface area contributed by atoms with Crippen molar-refractivity contribution in [1.82, 2.24) is 0 Å². The second kappa shape index (κ2) is 9.02. The van der Waals surface area contributed by atoms with Gasteiger partial charge in [-0.3, -0.25) is 0 Å². The van der Waals surface area contributed by atoms with Gasteiger partial charge in [0.2, 0.25) is 0 Å². The number of hydrogen-bond acceptors (Lipinski definition) is 0. The Labute approximate surface area is 207 Å². The van der Waals surface area contributed by atoms with E-state index in [2.05, 4.69) is 24.3 Å². The average Bonchev–Trinajstić information content (AvgIpc) is 3.48. The van der Waals surface area contributed by atoms with Gasteiger partial charge in [-0.2, -0.15) is 12.1 Å². The van der Waals surface area contributed by atoms with E-state index in [9.17, 15) is 0 Å². The third kappa shape index (κ3) is 3.84. The molecule has 2 aromatic rings. The largest absolute Gasteiger partial charge is 0.748 e. The molecular formula is C30H39FeP-6. The zero-order valence-electron chi connectivity index (χ0n) is 19.3. The van der Waals surface area contributed by atoms with Crippen LogP contribution < -0.4 is 5.30 Å². The quantitative estimate of drug-likeness (QED) is 0.239. The van der Waals surface area contributed by atoms with Crippen molar-refractivity contribution in [3.05, 3.63) is 54.6 Å². The maximum absolute atomic E-state index is 2.56. The molecule has 8 aliphatic rings. The molecular weight excluding hydrogens is 447 g/mol. The molecule has 0 amide bonds. The third-order valence-corrected chi connectivity index (χ3v) is 14.4. The van der Waals surface area contributed by atoms with Gasteiger partial charge in [-0.1, -0.05) is 0 Å². The van der Waals surface area contributed by atoms with Crippen LogP contribution in [0.1, 0.15) is 64.2 Å². The minimum Gasteiger partial charge on any atom is -0.748 e. The minimum absolute atomic E-state index is 0. The van der Waals surface area contributed by atoms with Gasteiger partial charge in [-0.05, 0) is 123 Å². The van der Waals surface area contributed by atoms with Crippen LogP contribution in [-0.2, 0) is 17.1 Å². The van der Waals surface area contributed by atoms with Gasteiger partial charge >= 0.3 is 0 Å². The fourth-order valence-corrected chi connectivity index (χ4v) is 14.5. The monoisotopic (exact) mass is 486 g/mol. The van der Waals surface area contributed by atoms with Crippen LogP contribution in [0, 0.1) is 47.3 Å². The van der Waals surface area contributed by atoms with E-state index in [1.165, 1.54) is 0 Å². The molecule has 8 aliphatic carbocycles. The second-order valence-corrected chi connectivity index (χ2v) is 14.9. The zero-order chi connectivity index (χ0) is 20.4. The van der Waals surface area contributed by atoms with Crippen molar-refractivity contribution in [2.24, 2.45) is 47.3 Å². The SMILES string of the molecule is [Fe].[cH-]1[cH-][cH-][cH-][cH-]1.c1cc[c-](P(C2C3CC4CC(C3)CC2C4)C2C3CC4CC(C3)CC2C4)c1. The molecule has 0 saturated heterocycles. The minimum atomic E-state index is 0. The molecule has 0 radical (unpaired) electrons. The summed E-state index contributed by atoms with van der Waals surface area (Å²) in [6, 6.07) is 19.8. The Balaban J connectivity index is 0.000000292. The van der Waals surface area contributed by atoms with Crippen molar-refractivity contribution in [2.75, 3.05) is 0 Å². The van der Waals surface area contributed by atoms with Crippen LogP contribution in [0.3, 0.4) is 0 Å². The van der Waals surface area contributed by atoms with E-state index in [1.54, 1.807) is 64.2 Å². The van der Waals surface area contributed by atoms with Crippen molar-refractivity contribution in [1.29, 1.82) is 0 Å². The first-order chi connectivity index (χ1) is 15.3. The normalized spacial score (nSPS) is 45.8. The van der Waals surface area contributed by atoms with E-state index in [0.717, 1.165) is 58.7 Å². The summed E-state index contributed by atoms with van der Waals surface area (Å²) < 4.78 is 0. The van der Waals surface area contributed by atoms with Gasteiger partial charge in [0.25, 0.3) is 0 Å². The molecule has 8 saturated carbocycles. The summed E-state index contributed by atoms with van der Waals surface area (Å²) in [6.07, 6.45) is 16.1. The van der Waals surface area contributed by atoms with Crippen LogP contribution in [0.5, 0.6) is 0 Å². The van der Waals surface area contributed by atoms with Gasteiger partial charge in [0, 0.05) is 17.1 Å². The molecule has 2 heteroatoms. The van der Waals surface area contributed by atoms with Gasteiger partial charge in [0.1, 0.15) is 0 Å².